The van der Waals surface area contributed by atoms with Gasteiger partial charge in [-0.05, 0) is 12.1 Å². The van der Waals surface area contributed by atoms with Crippen LogP contribution in [0.2, 0.25) is 0 Å². The van der Waals surface area contributed by atoms with Crippen molar-refractivity contribution in [1.82, 2.24) is 9.97 Å². The van der Waals surface area contributed by atoms with E-state index in [2.05, 4.69) is 15.3 Å². The molecule has 1 heterocycles. The smallest absolute Gasteiger partial charge is 0.274 e. The quantitative estimate of drug-likeness (QED) is 0.869. The number of hydrogen-bond donors (Lipinski definition) is 2. The maximum absolute atomic E-state index is 11.9. The lowest BCUT2D eigenvalue weighted by Crippen LogP contribution is -2.17. The summed E-state index contributed by atoms with van der Waals surface area (Å²) in [6, 6.07) is 6.06. The summed E-state index contributed by atoms with van der Waals surface area (Å²) in [5, 5.41) is 2.62. The second kappa shape index (κ2) is 5.87. The highest BCUT2D eigenvalue weighted by Gasteiger charge is 2.10. The molecule has 0 atom stereocenters. The van der Waals surface area contributed by atoms with Gasteiger partial charge < -0.3 is 19.8 Å². The van der Waals surface area contributed by atoms with Crippen molar-refractivity contribution in [2.24, 2.45) is 0 Å². The summed E-state index contributed by atoms with van der Waals surface area (Å²) in [5.41, 5.74) is 0.149. The highest BCUT2D eigenvalue weighted by molar-refractivity contribution is 6.02. The number of ether oxygens (including phenoxy) is 2. The van der Waals surface area contributed by atoms with Crippen molar-refractivity contribution in [3.63, 3.8) is 0 Å². The normalized spacial score (nSPS) is 9.90. The molecule has 104 valence electrons. The summed E-state index contributed by atoms with van der Waals surface area (Å²) in [6.07, 6.45) is 1.17. The highest BCUT2D eigenvalue weighted by atomic mass is 16.5. The Morgan fingerprint density at radius 1 is 1.20 bits per heavy atom. The van der Waals surface area contributed by atoms with Crippen LogP contribution in [-0.4, -0.2) is 30.1 Å². The summed E-state index contributed by atoms with van der Waals surface area (Å²) < 4.78 is 10.2. The first-order chi connectivity index (χ1) is 9.63. The Labute approximate surface area is 114 Å². The number of carbonyl (C=O) groups excluding carboxylic acids is 1. The number of hydrogen-bond acceptors (Lipinski definition) is 5. The first-order valence-corrected chi connectivity index (χ1v) is 5.72. The van der Waals surface area contributed by atoms with Gasteiger partial charge in [-0.2, -0.15) is 0 Å². The monoisotopic (exact) mass is 275 g/mol. The van der Waals surface area contributed by atoms with Crippen LogP contribution in [0, 0.1) is 0 Å². The van der Waals surface area contributed by atoms with Crippen LogP contribution < -0.4 is 20.3 Å². The van der Waals surface area contributed by atoms with Gasteiger partial charge in [0.2, 0.25) is 0 Å². The Bertz CT molecular complexity index is 681. The Morgan fingerprint density at radius 3 is 2.60 bits per heavy atom. The van der Waals surface area contributed by atoms with Gasteiger partial charge in [-0.1, -0.05) is 0 Å². The van der Waals surface area contributed by atoms with E-state index in [1.165, 1.54) is 20.5 Å². The van der Waals surface area contributed by atoms with Gasteiger partial charge in [-0.3, -0.25) is 9.59 Å². The number of rotatable bonds is 4. The van der Waals surface area contributed by atoms with E-state index in [1.54, 1.807) is 18.2 Å². The van der Waals surface area contributed by atoms with E-state index < -0.39 is 11.5 Å². The third-order valence-corrected chi connectivity index (χ3v) is 2.55. The van der Waals surface area contributed by atoms with E-state index in [0.717, 1.165) is 6.07 Å². The molecule has 1 amide bonds. The number of aromatic nitrogens is 2. The second-order valence-corrected chi connectivity index (χ2v) is 3.82. The van der Waals surface area contributed by atoms with Crippen LogP contribution in [0.5, 0.6) is 11.5 Å². The number of H-pyrrole nitrogens is 1. The summed E-state index contributed by atoms with van der Waals surface area (Å²) in [5.74, 6) is 0.562. The fourth-order valence-corrected chi connectivity index (χ4v) is 1.60. The van der Waals surface area contributed by atoms with Crippen LogP contribution in [0.4, 0.5) is 5.69 Å². The van der Waals surface area contributed by atoms with Crippen LogP contribution in [-0.2, 0) is 0 Å². The van der Waals surface area contributed by atoms with Gasteiger partial charge in [0.25, 0.3) is 11.5 Å². The third kappa shape index (κ3) is 2.94. The molecule has 2 rings (SSSR count). The molecule has 0 spiro atoms. The van der Waals surface area contributed by atoms with Crippen molar-refractivity contribution in [2.75, 3.05) is 19.5 Å². The van der Waals surface area contributed by atoms with Gasteiger partial charge in [0.1, 0.15) is 5.69 Å². The SMILES string of the molecule is COc1ccc(NC(=O)c2cc(=O)[nH]cn2)cc1OC. The minimum absolute atomic E-state index is 0.0311. The number of benzene rings is 1. The number of amides is 1. The van der Waals surface area contributed by atoms with Gasteiger partial charge in [0.05, 0.1) is 20.5 Å². The number of nitrogens with one attached hydrogen (secondary N) is 2. The molecular formula is C13H13N3O4. The molecule has 0 unspecified atom stereocenters. The number of nitrogens with zero attached hydrogens (tertiary/aromatic N) is 1. The molecule has 0 aliphatic rings. The van der Waals surface area contributed by atoms with Crippen molar-refractivity contribution >= 4 is 11.6 Å². The first-order valence-electron chi connectivity index (χ1n) is 5.72. The minimum atomic E-state index is -0.483. The molecule has 7 heteroatoms. The lowest BCUT2D eigenvalue weighted by atomic mass is 10.2. The van der Waals surface area contributed by atoms with Crippen molar-refractivity contribution in [3.05, 3.63) is 46.6 Å². The van der Waals surface area contributed by atoms with Crippen LogP contribution in [0.15, 0.2) is 35.4 Å². The van der Waals surface area contributed by atoms with E-state index in [9.17, 15) is 9.59 Å². The zero-order valence-electron chi connectivity index (χ0n) is 11.0. The van der Waals surface area contributed by atoms with Crippen molar-refractivity contribution in [2.45, 2.75) is 0 Å². The molecule has 0 fully saturated rings. The maximum Gasteiger partial charge on any atom is 0.274 e. The molecule has 7 nitrogen and oxygen atoms in total. The Hall–Kier alpha value is -2.83. The van der Waals surface area contributed by atoms with Gasteiger partial charge in [-0.15, -0.1) is 0 Å². The summed E-state index contributed by atoms with van der Waals surface area (Å²) >= 11 is 0. The van der Waals surface area contributed by atoms with Crippen LogP contribution in [0.1, 0.15) is 10.5 Å². The van der Waals surface area contributed by atoms with Crippen molar-refractivity contribution in [1.29, 1.82) is 0 Å². The minimum Gasteiger partial charge on any atom is -0.493 e. The lowest BCUT2D eigenvalue weighted by molar-refractivity contribution is 0.102. The largest absolute Gasteiger partial charge is 0.493 e. The van der Waals surface area contributed by atoms with E-state index in [-0.39, 0.29) is 5.69 Å². The highest BCUT2D eigenvalue weighted by Crippen LogP contribution is 2.29. The predicted molar refractivity (Wildman–Crippen MR) is 72.4 cm³/mol. The lowest BCUT2D eigenvalue weighted by Gasteiger charge is -2.10. The molecule has 0 aliphatic carbocycles. The Morgan fingerprint density at radius 2 is 1.95 bits per heavy atom. The number of methoxy groups -OCH3 is 2. The molecule has 1 aromatic carbocycles. The van der Waals surface area contributed by atoms with Crippen LogP contribution in [0.3, 0.4) is 0 Å². The van der Waals surface area contributed by atoms with Crippen molar-refractivity contribution < 1.29 is 14.3 Å². The molecule has 0 radical (unpaired) electrons. The molecule has 0 saturated heterocycles. The topological polar surface area (TPSA) is 93.3 Å². The average molecular weight is 275 g/mol. The van der Waals surface area contributed by atoms with Gasteiger partial charge in [0.15, 0.2) is 11.5 Å². The zero-order valence-corrected chi connectivity index (χ0v) is 11.0. The van der Waals surface area contributed by atoms with Gasteiger partial charge in [-0.25, -0.2) is 4.98 Å². The standard InChI is InChI=1S/C13H13N3O4/c1-19-10-4-3-8(5-11(10)20-2)16-13(18)9-6-12(17)15-7-14-9/h3-7H,1-2H3,(H,16,18)(H,14,15,17). The fourth-order valence-electron chi connectivity index (χ4n) is 1.60. The maximum atomic E-state index is 11.9. The molecule has 1 aromatic heterocycles. The molecule has 0 saturated carbocycles. The molecule has 0 bridgehead atoms. The Kier molecular flexibility index (Phi) is 3.99. The first kappa shape index (κ1) is 13.6. The van der Waals surface area contributed by atoms with Gasteiger partial charge in [0, 0.05) is 17.8 Å². The van der Waals surface area contributed by atoms with Gasteiger partial charge >= 0.3 is 0 Å². The van der Waals surface area contributed by atoms with Crippen molar-refractivity contribution in [3.8, 4) is 11.5 Å². The predicted octanol–water partition coefficient (Wildman–Crippen LogP) is 1.04. The van der Waals surface area contributed by atoms with Crippen LogP contribution in [0.25, 0.3) is 0 Å². The molecular weight excluding hydrogens is 262 g/mol. The number of carbonyl (C=O) groups is 1. The third-order valence-electron chi connectivity index (χ3n) is 2.55. The number of anilines is 1. The zero-order chi connectivity index (χ0) is 14.5. The summed E-state index contributed by atoms with van der Waals surface area (Å²) in [6.45, 7) is 0. The van der Waals surface area contributed by atoms with Crippen LogP contribution >= 0.6 is 0 Å². The Balaban J connectivity index is 2.22. The molecule has 2 aromatic rings. The average Bonchev–Trinajstić information content (AvgIpc) is 2.47. The molecule has 0 aliphatic heterocycles. The van der Waals surface area contributed by atoms with E-state index in [1.807, 2.05) is 0 Å². The number of aromatic amines is 1. The summed E-state index contributed by atoms with van der Waals surface area (Å²) in [4.78, 5) is 29.2. The van der Waals surface area contributed by atoms with E-state index in [4.69, 9.17) is 9.47 Å². The molecule has 2 N–H and O–H groups in total. The summed E-state index contributed by atoms with van der Waals surface area (Å²) in [7, 11) is 3.03. The fraction of sp³-hybridized carbons (Fsp3) is 0.154. The van der Waals surface area contributed by atoms with E-state index >= 15 is 0 Å². The van der Waals surface area contributed by atoms with E-state index in [0.29, 0.717) is 17.2 Å². The second-order valence-electron chi connectivity index (χ2n) is 3.82. The molecule has 20 heavy (non-hydrogen) atoms.